The average Bonchev–Trinajstić information content (AvgIpc) is 3.40. The second-order valence-electron chi connectivity index (χ2n) is 9.83. The number of H-pyrrole nitrogens is 1. The van der Waals surface area contributed by atoms with Crippen molar-refractivity contribution in [1.29, 1.82) is 5.26 Å². The van der Waals surface area contributed by atoms with Gasteiger partial charge >= 0.3 is 14.2 Å². The third kappa shape index (κ3) is 6.30. The van der Waals surface area contributed by atoms with Crippen LogP contribution in [0.4, 0.5) is 0 Å². The van der Waals surface area contributed by atoms with Gasteiger partial charge in [0.25, 0.3) is 17.4 Å². The summed E-state index contributed by atoms with van der Waals surface area (Å²) >= 11 is 0. The maximum absolute atomic E-state index is 12.9. The topological polar surface area (TPSA) is 165 Å². The number of aromatic amines is 1. The van der Waals surface area contributed by atoms with Gasteiger partial charge in [-0.25, -0.2) is 9.46 Å². The molecular weight excluding hydrogens is 569 g/mol. The van der Waals surface area contributed by atoms with Crippen molar-refractivity contribution in [1.82, 2.24) is 19.3 Å². The summed E-state index contributed by atoms with van der Waals surface area (Å²) in [4.78, 5) is 58.0. The molecule has 2 amide bonds. The van der Waals surface area contributed by atoms with Crippen LogP contribution >= 0.6 is 8.53 Å². The summed E-state index contributed by atoms with van der Waals surface area (Å²) in [6.45, 7) is 7.51. The lowest BCUT2D eigenvalue weighted by Gasteiger charge is -2.36. The third-order valence-electron chi connectivity index (χ3n) is 6.35. The summed E-state index contributed by atoms with van der Waals surface area (Å²) in [5, 5.41) is 9.71. The molecule has 3 heterocycles. The molecular formula is C27H32N5O9P. The zero-order chi connectivity index (χ0) is 30.6. The first-order valence-corrected chi connectivity index (χ1v) is 14.3. The van der Waals surface area contributed by atoms with Crippen molar-refractivity contribution in [3.63, 3.8) is 0 Å². The Morgan fingerprint density at radius 2 is 1.71 bits per heavy atom. The standard InChI is InChI=1S/C27H32N5O9P/c1-16(2)32(17(3)4)42(39-14-8-12-28)41-22-20(15-38-31-24(34)18-9-6-7-10-19(18)25(31)35)40-26(23(22)37-5)30-13-11-21(33)29-27(30)36/h6-7,9-11,13,16-17,23,26H,8,14-15H2,1-5H3,(H,29,33,36)/t23?,26-,42?/m1/s1. The molecule has 1 N–H and O–H groups in total. The Labute approximate surface area is 242 Å². The van der Waals surface area contributed by atoms with Crippen LogP contribution in [-0.4, -0.2) is 69.6 Å². The van der Waals surface area contributed by atoms with E-state index in [4.69, 9.17) is 28.6 Å². The lowest BCUT2D eigenvalue weighted by molar-refractivity contribution is -0.100. The van der Waals surface area contributed by atoms with Crippen molar-refractivity contribution in [3.8, 4) is 6.07 Å². The van der Waals surface area contributed by atoms with Gasteiger partial charge in [0.15, 0.2) is 17.6 Å². The summed E-state index contributed by atoms with van der Waals surface area (Å²) in [6.07, 6.45) is -0.789. The van der Waals surface area contributed by atoms with E-state index in [1.54, 1.807) is 12.1 Å². The van der Waals surface area contributed by atoms with Gasteiger partial charge in [0.1, 0.15) is 6.61 Å². The number of carbonyl (C=O) groups excluding carboxylic acids is 2. The van der Waals surface area contributed by atoms with Crippen LogP contribution in [0.25, 0.3) is 0 Å². The number of aromatic nitrogens is 2. The maximum Gasteiger partial charge on any atom is 0.331 e. The Kier molecular flexibility index (Phi) is 9.93. The molecule has 224 valence electrons. The number of imide groups is 1. The summed E-state index contributed by atoms with van der Waals surface area (Å²) in [5.41, 5.74) is -0.950. The van der Waals surface area contributed by atoms with Gasteiger partial charge in [0.2, 0.25) is 6.23 Å². The van der Waals surface area contributed by atoms with Gasteiger partial charge < -0.3 is 18.5 Å². The number of hydrogen-bond acceptors (Lipinski definition) is 11. The highest BCUT2D eigenvalue weighted by molar-refractivity contribution is 7.44. The van der Waals surface area contributed by atoms with Crippen molar-refractivity contribution in [3.05, 3.63) is 80.0 Å². The molecule has 1 aromatic carbocycles. The molecule has 2 aliphatic heterocycles. The quantitative estimate of drug-likeness (QED) is 0.204. The number of nitriles is 1. The number of nitrogens with one attached hydrogen (secondary N) is 1. The second-order valence-corrected chi connectivity index (χ2v) is 11.2. The molecule has 1 aromatic heterocycles. The minimum absolute atomic E-state index is 0.0298. The summed E-state index contributed by atoms with van der Waals surface area (Å²) in [6, 6.07) is 9.47. The zero-order valence-corrected chi connectivity index (χ0v) is 24.7. The molecule has 2 aliphatic rings. The number of ether oxygens (including phenoxy) is 2. The second kappa shape index (κ2) is 13.4. The van der Waals surface area contributed by atoms with Gasteiger partial charge in [-0.2, -0.15) is 5.26 Å². The minimum atomic E-state index is -1.85. The lowest BCUT2D eigenvalue weighted by atomic mass is 10.1. The van der Waals surface area contributed by atoms with Gasteiger partial charge in [0.05, 0.1) is 30.2 Å². The monoisotopic (exact) mass is 601 g/mol. The van der Waals surface area contributed by atoms with Crippen molar-refractivity contribution >= 4 is 20.3 Å². The Hall–Kier alpha value is -3.86. The molecule has 0 saturated heterocycles. The van der Waals surface area contributed by atoms with Crippen LogP contribution in [0.3, 0.4) is 0 Å². The van der Waals surface area contributed by atoms with E-state index < -0.39 is 50.5 Å². The highest BCUT2D eigenvalue weighted by Crippen LogP contribution is 2.51. The molecule has 0 bridgehead atoms. The molecule has 0 fully saturated rings. The molecule has 42 heavy (non-hydrogen) atoms. The number of carbonyl (C=O) groups is 2. The van der Waals surface area contributed by atoms with Gasteiger partial charge in [-0.15, -0.1) is 5.06 Å². The fourth-order valence-electron chi connectivity index (χ4n) is 4.59. The van der Waals surface area contributed by atoms with Gasteiger partial charge in [-0.1, -0.05) is 12.1 Å². The Balaban J connectivity index is 1.70. The van der Waals surface area contributed by atoms with Crippen LogP contribution < -0.4 is 11.2 Å². The summed E-state index contributed by atoms with van der Waals surface area (Å²) < 4.78 is 27.4. The van der Waals surface area contributed by atoms with Crippen molar-refractivity contribution < 1.29 is 32.9 Å². The molecule has 0 saturated carbocycles. The van der Waals surface area contributed by atoms with E-state index in [-0.39, 0.29) is 47.8 Å². The fourth-order valence-corrected chi connectivity index (χ4v) is 6.25. The van der Waals surface area contributed by atoms with E-state index in [2.05, 4.69) is 4.98 Å². The van der Waals surface area contributed by atoms with E-state index in [9.17, 15) is 19.2 Å². The molecule has 14 nitrogen and oxygen atoms in total. The average molecular weight is 602 g/mol. The highest BCUT2D eigenvalue weighted by atomic mass is 31.2. The molecule has 3 atom stereocenters. The first-order valence-electron chi connectivity index (χ1n) is 13.2. The van der Waals surface area contributed by atoms with E-state index in [0.29, 0.717) is 5.06 Å². The van der Waals surface area contributed by atoms with Crippen LogP contribution in [0.1, 0.15) is 61.1 Å². The van der Waals surface area contributed by atoms with Gasteiger partial charge in [-0.3, -0.25) is 28.8 Å². The predicted molar refractivity (Wildman–Crippen MR) is 148 cm³/mol. The molecule has 2 aromatic rings. The molecule has 2 unspecified atom stereocenters. The fraction of sp³-hybridized carbons (Fsp3) is 0.444. The molecule has 4 rings (SSSR count). The number of methoxy groups -OCH3 is 1. The molecule has 15 heteroatoms. The number of hydroxylamine groups is 2. The van der Waals surface area contributed by atoms with Crippen molar-refractivity contribution in [2.45, 2.75) is 58.5 Å². The number of nitrogens with zero attached hydrogens (tertiary/aromatic N) is 4. The number of amides is 2. The van der Waals surface area contributed by atoms with Crippen LogP contribution in [0, 0.1) is 11.3 Å². The number of rotatable bonds is 13. The van der Waals surface area contributed by atoms with Crippen LogP contribution in [0.2, 0.25) is 0 Å². The lowest BCUT2D eigenvalue weighted by Crippen LogP contribution is -2.37. The van der Waals surface area contributed by atoms with Gasteiger partial charge in [-0.05, 0) is 39.8 Å². The first-order chi connectivity index (χ1) is 20.1. The minimum Gasteiger partial charge on any atom is -0.465 e. The maximum atomic E-state index is 12.9. The van der Waals surface area contributed by atoms with Crippen molar-refractivity contribution in [2.24, 2.45) is 0 Å². The first kappa shape index (κ1) is 31.1. The molecule has 0 aliphatic carbocycles. The molecule has 0 spiro atoms. The van der Waals surface area contributed by atoms with Crippen molar-refractivity contribution in [2.75, 3.05) is 20.3 Å². The van der Waals surface area contributed by atoms with Crippen LogP contribution in [-0.2, 0) is 23.4 Å². The van der Waals surface area contributed by atoms with E-state index in [1.807, 2.05) is 38.4 Å². The smallest absolute Gasteiger partial charge is 0.331 e. The van der Waals surface area contributed by atoms with Crippen LogP contribution in [0.15, 0.2) is 57.6 Å². The SMILES string of the molecule is COC1C(OP(OCCC#N)N(C(C)C)C(C)C)=C(CON2C(=O)c3ccccc3C2=O)O[C@H]1n1ccc(=O)[nH]c1=O. The largest absolute Gasteiger partial charge is 0.465 e. The van der Waals surface area contributed by atoms with Crippen LogP contribution in [0.5, 0.6) is 0 Å². The summed E-state index contributed by atoms with van der Waals surface area (Å²) in [7, 11) is -0.460. The zero-order valence-electron chi connectivity index (χ0n) is 23.8. The Morgan fingerprint density at radius 3 is 2.26 bits per heavy atom. The Morgan fingerprint density at radius 1 is 1.07 bits per heavy atom. The summed E-state index contributed by atoms with van der Waals surface area (Å²) in [5.74, 6) is -1.14. The Bertz CT molecular complexity index is 1470. The number of fused-ring (bicyclic) bond motifs is 1. The third-order valence-corrected chi connectivity index (χ3v) is 8.41. The normalized spacial score (nSPS) is 19.1. The van der Waals surface area contributed by atoms with E-state index in [0.717, 1.165) is 10.6 Å². The van der Waals surface area contributed by atoms with E-state index >= 15 is 0 Å². The molecule has 0 radical (unpaired) electrons. The highest BCUT2D eigenvalue weighted by Gasteiger charge is 2.45. The van der Waals surface area contributed by atoms with E-state index in [1.165, 1.54) is 25.4 Å². The predicted octanol–water partition coefficient (Wildman–Crippen LogP) is 2.81. The van der Waals surface area contributed by atoms with Gasteiger partial charge in [0, 0.05) is 31.5 Å². The number of hydrogen-bond donors (Lipinski definition) is 1. The number of benzene rings is 1.